The summed E-state index contributed by atoms with van der Waals surface area (Å²) in [6.07, 6.45) is 10.8. The molecular formula is C31H37NO3Si. The third-order valence-electron chi connectivity index (χ3n) is 6.10. The Morgan fingerprint density at radius 3 is 2.33 bits per heavy atom. The summed E-state index contributed by atoms with van der Waals surface area (Å²) < 4.78 is 11.4. The second kappa shape index (κ2) is 10.4. The summed E-state index contributed by atoms with van der Waals surface area (Å²) >= 11 is 0. The number of ether oxygens (including phenoxy) is 1. The van der Waals surface area contributed by atoms with Crippen LogP contribution in [-0.4, -0.2) is 24.9 Å². The zero-order chi connectivity index (χ0) is 25.9. The van der Waals surface area contributed by atoms with E-state index in [1.165, 1.54) is 27.1 Å². The first kappa shape index (κ1) is 25.9. The lowest BCUT2D eigenvalue weighted by Gasteiger charge is -2.27. The quantitative estimate of drug-likeness (QED) is 0.328. The van der Waals surface area contributed by atoms with E-state index in [9.17, 15) is 4.79 Å². The molecule has 1 heterocycles. The highest BCUT2D eigenvalue weighted by atomic mass is 28.4. The number of fused-ring (bicyclic) bond motifs is 5. The Labute approximate surface area is 215 Å². The highest BCUT2D eigenvalue weighted by Crippen LogP contribution is 2.29. The number of rotatable bonds is 3. The lowest BCUT2D eigenvalue weighted by molar-refractivity contribution is -0.157. The molecular weight excluding hydrogens is 462 g/mol. The van der Waals surface area contributed by atoms with Gasteiger partial charge >= 0.3 is 5.97 Å². The Balaban J connectivity index is 0.000000233. The standard InChI is InChI=1S/C23H24O2.C8H13NOSi/c1-23(2,3)25-22(24)21-10-6-9-17-19-12-11-15-7-4-5-8-16(15)18(19)13-14-20(17)21;1-11(2,3)10-8-4-6-9-7-5-8/h4-5,7-9,12-14,21H,6,10-11H2,1-3H3;4-7H,1-3H3. The first-order valence-corrected chi connectivity index (χ1v) is 16.2. The number of esters is 1. The Bertz CT molecular complexity index is 1350. The summed E-state index contributed by atoms with van der Waals surface area (Å²) in [5, 5.41) is 2.51. The molecule has 5 heteroatoms. The van der Waals surface area contributed by atoms with Crippen molar-refractivity contribution in [3.05, 3.63) is 82.5 Å². The van der Waals surface area contributed by atoms with E-state index in [4.69, 9.17) is 9.16 Å². The van der Waals surface area contributed by atoms with Crippen molar-refractivity contribution in [2.24, 2.45) is 0 Å². The van der Waals surface area contributed by atoms with Gasteiger partial charge in [-0.25, -0.2) is 0 Å². The monoisotopic (exact) mass is 499 g/mol. The van der Waals surface area contributed by atoms with Gasteiger partial charge in [0.1, 0.15) is 11.4 Å². The number of carbonyl (C=O) groups excluding carboxylic acids is 1. The highest BCUT2D eigenvalue weighted by Gasteiger charge is 2.29. The van der Waals surface area contributed by atoms with Crippen molar-refractivity contribution >= 4 is 26.4 Å². The van der Waals surface area contributed by atoms with Gasteiger partial charge in [0.15, 0.2) is 0 Å². The average Bonchev–Trinajstić information content (AvgIpc) is 2.82. The van der Waals surface area contributed by atoms with E-state index in [1.807, 2.05) is 32.9 Å². The highest BCUT2D eigenvalue weighted by molar-refractivity contribution is 6.70. The fraction of sp³-hybridized carbons (Fsp3) is 0.355. The Morgan fingerprint density at radius 1 is 0.917 bits per heavy atom. The van der Waals surface area contributed by atoms with Crippen LogP contribution in [-0.2, 0) is 16.0 Å². The topological polar surface area (TPSA) is 48.4 Å². The van der Waals surface area contributed by atoms with E-state index in [0.29, 0.717) is 0 Å². The second-order valence-corrected chi connectivity index (χ2v) is 15.8. The molecule has 2 aromatic carbocycles. The molecule has 0 N–H and O–H groups in total. The number of hydrogen-bond acceptors (Lipinski definition) is 4. The minimum absolute atomic E-state index is 0.0991. The van der Waals surface area contributed by atoms with Gasteiger partial charge in [-0.3, -0.25) is 9.78 Å². The summed E-state index contributed by atoms with van der Waals surface area (Å²) in [4.78, 5) is 16.6. The van der Waals surface area contributed by atoms with Gasteiger partial charge in [-0.1, -0.05) is 48.6 Å². The third-order valence-corrected chi connectivity index (χ3v) is 6.95. The maximum Gasteiger partial charge on any atom is 0.313 e. The molecule has 5 rings (SSSR count). The first-order valence-electron chi connectivity index (χ1n) is 12.8. The van der Waals surface area contributed by atoms with Gasteiger partial charge < -0.3 is 9.16 Å². The molecule has 0 saturated carbocycles. The smallest absolute Gasteiger partial charge is 0.313 e. The molecule has 1 unspecified atom stereocenters. The lowest BCUT2D eigenvalue weighted by atomic mass is 9.82. The number of hydrogen-bond donors (Lipinski definition) is 0. The van der Waals surface area contributed by atoms with E-state index in [0.717, 1.165) is 30.6 Å². The summed E-state index contributed by atoms with van der Waals surface area (Å²) in [6, 6.07) is 16.7. The van der Waals surface area contributed by atoms with Crippen molar-refractivity contribution in [2.45, 2.75) is 71.2 Å². The SMILES string of the molecule is CC(C)(C)OC(=O)C1CCC=c2c1ccc1c2=CCc2ccccc2-1.C[Si](C)(C)Oc1ccncc1. The third kappa shape index (κ3) is 6.32. The molecule has 0 amide bonds. The Hall–Kier alpha value is -3.18. The number of pyridine rings is 1. The minimum Gasteiger partial charge on any atom is -0.544 e. The van der Waals surface area contributed by atoms with Crippen LogP contribution in [0.1, 0.15) is 50.7 Å². The van der Waals surface area contributed by atoms with E-state index in [-0.39, 0.29) is 11.9 Å². The number of benzene rings is 2. The van der Waals surface area contributed by atoms with Crippen molar-refractivity contribution < 1.29 is 14.0 Å². The molecule has 0 spiro atoms. The van der Waals surface area contributed by atoms with E-state index < -0.39 is 13.9 Å². The maximum absolute atomic E-state index is 12.7. The minimum atomic E-state index is -1.43. The fourth-order valence-electron chi connectivity index (χ4n) is 4.74. The van der Waals surface area contributed by atoms with Crippen LogP contribution in [0.3, 0.4) is 0 Å². The molecule has 0 radical (unpaired) electrons. The maximum atomic E-state index is 12.7. The van der Waals surface area contributed by atoms with Crippen LogP contribution in [0.5, 0.6) is 5.75 Å². The summed E-state index contributed by atoms with van der Waals surface area (Å²) in [6.45, 7) is 12.3. The van der Waals surface area contributed by atoms with Crippen molar-refractivity contribution in [1.29, 1.82) is 0 Å². The van der Waals surface area contributed by atoms with E-state index >= 15 is 0 Å². The normalized spacial score (nSPS) is 16.0. The molecule has 2 aliphatic rings. The fourth-order valence-corrected chi connectivity index (χ4v) is 5.58. The zero-order valence-electron chi connectivity index (χ0n) is 22.3. The Morgan fingerprint density at radius 2 is 1.64 bits per heavy atom. The van der Waals surface area contributed by atoms with E-state index in [2.05, 4.69) is 73.2 Å². The molecule has 0 saturated heterocycles. The van der Waals surface area contributed by atoms with Crippen molar-refractivity contribution in [2.75, 3.05) is 0 Å². The molecule has 188 valence electrons. The molecule has 0 bridgehead atoms. The summed E-state index contributed by atoms with van der Waals surface area (Å²) in [5.41, 5.74) is 4.64. The molecule has 1 atom stereocenters. The van der Waals surface area contributed by atoms with Gasteiger partial charge in [-0.05, 0) is 104 Å². The van der Waals surface area contributed by atoms with Gasteiger partial charge in [0.25, 0.3) is 0 Å². The molecule has 2 aliphatic carbocycles. The second-order valence-electron chi connectivity index (χ2n) is 11.4. The summed E-state index contributed by atoms with van der Waals surface area (Å²) in [5.74, 6) is 0.673. The van der Waals surface area contributed by atoms with Crippen molar-refractivity contribution in [1.82, 2.24) is 4.98 Å². The number of nitrogens with zero attached hydrogens (tertiary/aromatic N) is 1. The molecule has 0 fully saturated rings. The van der Waals surface area contributed by atoms with Crippen LogP contribution >= 0.6 is 0 Å². The molecule has 4 nitrogen and oxygen atoms in total. The molecule has 36 heavy (non-hydrogen) atoms. The number of carbonyl (C=O) groups is 1. The van der Waals surface area contributed by atoms with Crippen LogP contribution < -0.4 is 14.9 Å². The van der Waals surface area contributed by atoms with Crippen LogP contribution in [0.25, 0.3) is 23.3 Å². The van der Waals surface area contributed by atoms with Gasteiger partial charge in [0, 0.05) is 12.4 Å². The van der Waals surface area contributed by atoms with Gasteiger partial charge in [-0.2, -0.15) is 0 Å². The van der Waals surface area contributed by atoms with Crippen LogP contribution in [0.15, 0.2) is 60.9 Å². The van der Waals surface area contributed by atoms with Crippen LogP contribution in [0.2, 0.25) is 19.6 Å². The lowest BCUT2D eigenvalue weighted by Crippen LogP contribution is -2.38. The van der Waals surface area contributed by atoms with Gasteiger partial charge in [0.2, 0.25) is 8.32 Å². The molecule has 0 aliphatic heterocycles. The van der Waals surface area contributed by atoms with Gasteiger partial charge in [0.05, 0.1) is 5.92 Å². The largest absolute Gasteiger partial charge is 0.544 e. The summed E-state index contributed by atoms with van der Waals surface area (Å²) in [7, 11) is -1.43. The van der Waals surface area contributed by atoms with Crippen molar-refractivity contribution in [3.63, 3.8) is 0 Å². The predicted octanol–water partition coefficient (Wildman–Crippen LogP) is 5.99. The Kier molecular flexibility index (Phi) is 7.50. The van der Waals surface area contributed by atoms with E-state index in [1.54, 1.807) is 12.4 Å². The van der Waals surface area contributed by atoms with Crippen LogP contribution in [0.4, 0.5) is 0 Å². The number of aromatic nitrogens is 1. The van der Waals surface area contributed by atoms with Gasteiger partial charge in [-0.15, -0.1) is 0 Å². The van der Waals surface area contributed by atoms with Crippen molar-refractivity contribution in [3.8, 4) is 16.9 Å². The first-order chi connectivity index (χ1) is 17.0. The zero-order valence-corrected chi connectivity index (χ0v) is 23.3. The average molecular weight is 500 g/mol. The molecule has 1 aromatic heterocycles. The van der Waals surface area contributed by atoms with Crippen LogP contribution in [0, 0.1) is 0 Å². The predicted molar refractivity (Wildman–Crippen MR) is 150 cm³/mol. The molecule has 3 aromatic rings.